The molecule has 178 valence electrons. The van der Waals surface area contributed by atoms with Crippen LogP contribution in [0.25, 0.3) is 0 Å². The van der Waals surface area contributed by atoms with Crippen molar-refractivity contribution < 1.29 is 0 Å². The van der Waals surface area contributed by atoms with Gasteiger partial charge in [0, 0.05) is 0 Å². The Bertz CT molecular complexity index is 697. The fourth-order valence-corrected chi connectivity index (χ4v) is 12.2. The fraction of sp³-hybridized carbons (Fsp3) is 1.00. The molecule has 5 aliphatic carbocycles. The molecule has 5 aliphatic rings. The van der Waals surface area contributed by atoms with Crippen molar-refractivity contribution >= 4 is 0 Å². The highest BCUT2D eigenvalue weighted by atomic mass is 14.7. The maximum Gasteiger partial charge on any atom is -0.00719 e. The average molecular weight is 428 g/mol. The topological polar surface area (TPSA) is 26.0 Å². The quantitative estimate of drug-likeness (QED) is 0.482. The Kier molecular flexibility index (Phi) is 5.30. The zero-order valence-electron chi connectivity index (χ0n) is 21.9. The molecule has 0 bridgehead atoms. The molecule has 0 radical (unpaired) electrons. The predicted molar refractivity (Wildman–Crippen MR) is 133 cm³/mol. The van der Waals surface area contributed by atoms with Crippen LogP contribution < -0.4 is 5.73 Å². The van der Waals surface area contributed by atoms with Crippen molar-refractivity contribution in [3.05, 3.63) is 0 Å². The van der Waals surface area contributed by atoms with Crippen LogP contribution in [0.1, 0.15) is 125 Å². The molecule has 5 unspecified atom stereocenters. The summed E-state index contributed by atoms with van der Waals surface area (Å²) in [5, 5.41) is 0. The Balaban J connectivity index is 1.50. The molecule has 0 heterocycles. The van der Waals surface area contributed by atoms with Crippen LogP contribution in [0, 0.1) is 56.7 Å². The van der Waals surface area contributed by atoms with Crippen LogP contribution in [-0.2, 0) is 0 Å². The van der Waals surface area contributed by atoms with E-state index in [9.17, 15) is 0 Å². The van der Waals surface area contributed by atoms with E-state index in [1.54, 1.807) is 0 Å². The lowest BCUT2D eigenvalue weighted by Crippen LogP contribution is -2.65. The number of nitrogens with two attached hydrogens (primary N) is 1. The molecule has 0 spiro atoms. The van der Waals surface area contributed by atoms with Gasteiger partial charge in [-0.1, -0.05) is 54.4 Å². The highest BCUT2D eigenvalue weighted by Crippen LogP contribution is 2.77. The monoisotopic (exact) mass is 427 g/mol. The third-order valence-corrected chi connectivity index (χ3v) is 13.9. The van der Waals surface area contributed by atoms with E-state index in [2.05, 4.69) is 41.5 Å². The van der Waals surface area contributed by atoms with Crippen LogP contribution in [-0.4, -0.2) is 6.54 Å². The third-order valence-electron chi connectivity index (χ3n) is 13.9. The predicted octanol–water partition coefficient (Wildman–Crippen LogP) is 8.22. The van der Waals surface area contributed by atoms with Crippen molar-refractivity contribution in [1.29, 1.82) is 0 Å². The lowest BCUT2D eigenvalue weighted by atomic mass is 9.32. The Labute approximate surface area is 194 Å². The van der Waals surface area contributed by atoms with Gasteiger partial charge in [-0.3, -0.25) is 0 Å². The van der Waals surface area contributed by atoms with Crippen molar-refractivity contribution in [1.82, 2.24) is 0 Å². The summed E-state index contributed by atoms with van der Waals surface area (Å²) in [5.74, 6) is 4.76. The van der Waals surface area contributed by atoms with Crippen molar-refractivity contribution in [2.75, 3.05) is 6.54 Å². The SMILES string of the molecule is CC[C@H]1CC[C@@]2(C)C(CC[C@]3(C)C2CCC2C4CCCC4(CCN)CC[C@]23C)C1(C)C. The van der Waals surface area contributed by atoms with Gasteiger partial charge in [-0.05, 0) is 134 Å². The molecule has 0 aromatic rings. The highest BCUT2D eigenvalue weighted by molar-refractivity contribution is 5.18. The van der Waals surface area contributed by atoms with E-state index in [-0.39, 0.29) is 0 Å². The smallest absolute Gasteiger partial charge is 0.00719 e. The van der Waals surface area contributed by atoms with Crippen LogP contribution in [0.3, 0.4) is 0 Å². The van der Waals surface area contributed by atoms with Gasteiger partial charge in [-0.2, -0.15) is 0 Å². The molecule has 0 amide bonds. The minimum absolute atomic E-state index is 0.523. The zero-order valence-corrected chi connectivity index (χ0v) is 21.9. The summed E-state index contributed by atoms with van der Waals surface area (Å²) in [6.07, 6.45) is 19.1. The molecule has 1 nitrogen and oxygen atoms in total. The van der Waals surface area contributed by atoms with Gasteiger partial charge >= 0.3 is 0 Å². The van der Waals surface area contributed by atoms with Crippen LogP contribution in [0.5, 0.6) is 0 Å². The number of hydrogen-bond donors (Lipinski definition) is 1. The molecule has 9 atom stereocenters. The lowest BCUT2D eigenvalue weighted by Gasteiger charge is -2.73. The molecule has 31 heavy (non-hydrogen) atoms. The number of rotatable bonds is 3. The lowest BCUT2D eigenvalue weighted by molar-refractivity contribution is -0.240. The maximum atomic E-state index is 6.18. The van der Waals surface area contributed by atoms with Gasteiger partial charge in [0.15, 0.2) is 0 Å². The van der Waals surface area contributed by atoms with Crippen molar-refractivity contribution in [3.63, 3.8) is 0 Å². The second kappa shape index (κ2) is 7.23. The molecular weight excluding hydrogens is 374 g/mol. The first-order valence-electron chi connectivity index (χ1n) is 14.3. The van der Waals surface area contributed by atoms with Crippen LogP contribution >= 0.6 is 0 Å². The minimum atomic E-state index is 0.523. The van der Waals surface area contributed by atoms with E-state index in [0.717, 1.165) is 36.1 Å². The largest absolute Gasteiger partial charge is 0.330 e. The Morgan fingerprint density at radius 3 is 2.19 bits per heavy atom. The standard InChI is InChI=1S/C30H53N/c1-7-21-12-15-27(4)24(26(21,2)3)13-16-29(6)25(27)11-10-22-23-9-8-14-30(23,19-20-31)18-17-28(22,29)5/h21-25H,7-20,31H2,1-6H3/t21-,22?,23?,24?,25?,27-,28+,29+,30?/m0/s1. The van der Waals surface area contributed by atoms with Gasteiger partial charge in [-0.15, -0.1) is 0 Å². The molecule has 5 saturated carbocycles. The van der Waals surface area contributed by atoms with Crippen molar-refractivity contribution in [2.45, 2.75) is 125 Å². The normalized spacial score (nSPS) is 55.6. The van der Waals surface area contributed by atoms with E-state index in [0.29, 0.717) is 27.1 Å². The first-order valence-corrected chi connectivity index (χ1v) is 14.3. The summed E-state index contributed by atoms with van der Waals surface area (Å²) in [4.78, 5) is 0. The van der Waals surface area contributed by atoms with Crippen LogP contribution in [0.2, 0.25) is 0 Å². The van der Waals surface area contributed by atoms with E-state index >= 15 is 0 Å². The van der Waals surface area contributed by atoms with E-state index in [4.69, 9.17) is 5.73 Å². The molecule has 0 aliphatic heterocycles. The zero-order chi connectivity index (χ0) is 22.3. The molecule has 1 heteroatoms. The number of fused-ring (bicyclic) bond motifs is 7. The van der Waals surface area contributed by atoms with Gasteiger partial charge in [0.1, 0.15) is 0 Å². The van der Waals surface area contributed by atoms with Crippen molar-refractivity contribution in [2.24, 2.45) is 62.4 Å². The summed E-state index contributed by atoms with van der Waals surface area (Å²) in [6, 6.07) is 0. The molecule has 2 N–H and O–H groups in total. The molecule has 5 fully saturated rings. The average Bonchev–Trinajstić information content (AvgIpc) is 3.12. The minimum Gasteiger partial charge on any atom is -0.330 e. The van der Waals surface area contributed by atoms with E-state index in [1.165, 1.54) is 83.5 Å². The second-order valence-electron chi connectivity index (χ2n) is 14.5. The molecule has 5 rings (SSSR count). The number of hydrogen-bond acceptors (Lipinski definition) is 1. The van der Waals surface area contributed by atoms with E-state index in [1.807, 2.05) is 0 Å². The summed E-state index contributed by atoms with van der Waals surface area (Å²) >= 11 is 0. The Morgan fingerprint density at radius 1 is 0.710 bits per heavy atom. The van der Waals surface area contributed by atoms with E-state index < -0.39 is 0 Å². The molecule has 0 aromatic carbocycles. The highest BCUT2D eigenvalue weighted by Gasteiger charge is 2.69. The van der Waals surface area contributed by atoms with Crippen molar-refractivity contribution in [3.8, 4) is 0 Å². The second-order valence-corrected chi connectivity index (χ2v) is 14.5. The van der Waals surface area contributed by atoms with Gasteiger partial charge in [-0.25, -0.2) is 0 Å². The fourth-order valence-electron chi connectivity index (χ4n) is 12.2. The van der Waals surface area contributed by atoms with Gasteiger partial charge in [0.25, 0.3) is 0 Å². The molecule has 0 saturated heterocycles. The molecular formula is C30H53N. The van der Waals surface area contributed by atoms with Gasteiger partial charge < -0.3 is 5.73 Å². The third kappa shape index (κ3) is 2.77. The van der Waals surface area contributed by atoms with Crippen LogP contribution in [0.4, 0.5) is 0 Å². The first-order chi connectivity index (χ1) is 14.6. The summed E-state index contributed by atoms with van der Waals surface area (Å²) < 4.78 is 0. The summed E-state index contributed by atoms with van der Waals surface area (Å²) in [7, 11) is 0. The van der Waals surface area contributed by atoms with Gasteiger partial charge in [0.2, 0.25) is 0 Å². The Morgan fingerprint density at radius 2 is 1.48 bits per heavy atom. The maximum absolute atomic E-state index is 6.18. The Hall–Kier alpha value is -0.0400. The summed E-state index contributed by atoms with van der Waals surface area (Å²) in [5.41, 5.74) is 9.00. The van der Waals surface area contributed by atoms with Gasteiger partial charge in [0.05, 0.1) is 0 Å². The summed E-state index contributed by atoms with van der Waals surface area (Å²) in [6.45, 7) is 17.0. The molecule has 0 aromatic heterocycles. The first kappa shape index (κ1) is 22.7. The van der Waals surface area contributed by atoms with Crippen LogP contribution in [0.15, 0.2) is 0 Å².